The van der Waals surface area contributed by atoms with E-state index in [0.29, 0.717) is 43.2 Å². The minimum absolute atomic E-state index is 0.0192. The molecular formula is C45H61N5O7. The average Bonchev–Trinajstić information content (AvgIpc) is 3.44. The van der Waals surface area contributed by atoms with E-state index in [0.717, 1.165) is 67.5 Å². The highest BCUT2D eigenvalue weighted by Crippen LogP contribution is 2.72. The molecule has 4 saturated carbocycles. The largest absolute Gasteiger partial charge is 0.465 e. The van der Waals surface area contributed by atoms with Crippen LogP contribution in [0.2, 0.25) is 0 Å². The molecule has 308 valence electrons. The number of nitrogens with zero attached hydrogens (tertiary/aromatic N) is 4. The minimum atomic E-state index is -0.723. The predicted octanol–water partition coefficient (Wildman–Crippen LogP) is 8.22. The number of anilines is 1. The Morgan fingerprint density at radius 3 is 2.23 bits per heavy atom. The molecule has 3 heterocycles. The highest BCUT2D eigenvalue weighted by molar-refractivity contribution is 5.96. The van der Waals surface area contributed by atoms with Crippen molar-refractivity contribution in [1.82, 2.24) is 20.1 Å². The molecule has 2 aromatic heterocycles. The van der Waals surface area contributed by atoms with Crippen molar-refractivity contribution in [1.29, 1.82) is 0 Å². The normalized spacial score (nSPS) is 26.5. The molecular weight excluding hydrogens is 723 g/mol. The number of esters is 2. The Morgan fingerprint density at radius 1 is 0.860 bits per heavy atom. The molecule has 1 aromatic carbocycles. The molecule has 4 bridgehead atoms. The summed E-state index contributed by atoms with van der Waals surface area (Å²) < 4.78 is 25.4. The maximum absolute atomic E-state index is 14.0. The van der Waals surface area contributed by atoms with Gasteiger partial charge in [-0.15, -0.1) is 0 Å². The number of hydrogen-bond acceptors (Lipinski definition) is 10. The first-order valence-corrected chi connectivity index (χ1v) is 20.4. The van der Waals surface area contributed by atoms with Gasteiger partial charge in [0.25, 0.3) is 0 Å². The van der Waals surface area contributed by atoms with E-state index in [1.807, 2.05) is 72.0 Å². The topological polar surface area (TPSA) is 134 Å². The molecule has 4 aliphatic carbocycles. The van der Waals surface area contributed by atoms with Crippen LogP contribution >= 0.6 is 0 Å². The van der Waals surface area contributed by atoms with E-state index in [9.17, 15) is 14.4 Å². The number of fused-ring (bicyclic) bond motifs is 1. The van der Waals surface area contributed by atoms with E-state index in [4.69, 9.17) is 29.0 Å². The van der Waals surface area contributed by atoms with Crippen molar-refractivity contribution in [3.63, 3.8) is 0 Å². The summed E-state index contributed by atoms with van der Waals surface area (Å²) in [6.07, 6.45) is 8.49. The molecule has 1 amide bonds. The van der Waals surface area contributed by atoms with Crippen LogP contribution in [0.25, 0.3) is 11.1 Å². The number of ether oxygens (including phenoxy) is 4. The van der Waals surface area contributed by atoms with Gasteiger partial charge in [0, 0.05) is 43.0 Å². The number of benzene rings is 1. The molecule has 57 heavy (non-hydrogen) atoms. The Kier molecular flexibility index (Phi) is 10.3. The van der Waals surface area contributed by atoms with E-state index >= 15 is 0 Å². The third-order valence-corrected chi connectivity index (χ3v) is 12.2. The number of amides is 1. The SMILES string of the molecule is COC(=O)c1cccc2c1CN(c1ccc(-c3cnn(CC45CC6(C)CC(C)(C4)CC(OCCNC(=O)OC(C)(C)C)(C6)C5)c3C)c(C(=O)OC(C)(C)C)n1)CC2. The molecule has 1 aliphatic heterocycles. The molecule has 8 rings (SSSR count). The lowest BCUT2D eigenvalue weighted by Crippen LogP contribution is -2.64. The fourth-order valence-electron chi connectivity index (χ4n) is 11.5. The zero-order valence-corrected chi connectivity index (χ0v) is 35.6. The number of methoxy groups -OCH3 is 1. The highest BCUT2D eigenvalue weighted by atomic mass is 16.6. The van der Waals surface area contributed by atoms with Gasteiger partial charge in [0.2, 0.25) is 0 Å². The average molecular weight is 784 g/mol. The monoisotopic (exact) mass is 783 g/mol. The Hall–Kier alpha value is -4.45. The van der Waals surface area contributed by atoms with Gasteiger partial charge in [-0.3, -0.25) is 4.68 Å². The summed E-state index contributed by atoms with van der Waals surface area (Å²) in [5, 5.41) is 7.85. The van der Waals surface area contributed by atoms with Crippen LogP contribution in [0.1, 0.15) is 132 Å². The molecule has 12 nitrogen and oxygen atoms in total. The zero-order valence-electron chi connectivity index (χ0n) is 35.6. The molecule has 1 N–H and O–H groups in total. The fourth-order valence-corrected chi connectivity index (χ4v) is 11.5. The summed E-state index contributed by atoms with van der Waals surface area (Å²) in [5.41, 5.74) is 3.99. The second-order valence-corrected chi connectivity index (χ2v) is 20.1. The van der Waals surface area contributed by atoms with Crippen LogP contribution in [-0.2, 0) is 38.5 Å². The van der Waals surface area contributed by atoms with Crippen LogP contribution in [0, 0.1) is 23.2 Å². The van der Waals surface area contributed by atoms with Crippen LogP contribution in [0.3, 0.4) is 0 Å². The Labute approximate surface area is 337 Å². The summed E-state index contributed by atoms with van der Waals surface area (Å²) in [5.74, 6) is -0.232. The van der Waals surface area contributed by atoms with Crippen molar-refractivity contribution < 1.29 is 33.3 Å². The van der Waals surface area contributed by atoms with E-state index in [1.54, 1.807) is 6.07 Å². The van der Waals surface area contributed by atoms with Crippen LogP contribution in [-0.4, -0.2) is 76.4 Å². The lowest BCUT2D eigenvalue weighted by molar-refractivity contribution is -0.247. The molecule has 12 heteroatoms. The fraction of sp³-hybridized carbons (Fsp3) is 0.622. The molecule has 0 radical (unpaired) electrons. The number of carbonyl (C=O) groups is 3. The predicted molar refractivity (Wildman–Crippen MR) is 217 cm³/mol. The molecule has 4 fully saturated rings. The summed E-state index contributed by atoms with van der Waals surface area (Å²) in [6.45, 7) is 20.8. The summed E-state index contributed by atoms with van der Waals surface area (Å²) in [7, 11) is 1.39. The third-order valence-electron chi connectivity index (χ3n) is 12.2. The number of hydrogen-bond donors (Lipinski definition) is 1. The van der Waals surface area contributed by atoms with Gasteiger partial charge in [-0.2, -0.15) is 5.10 Å². The summed E-state index contributed by atoms with van der Waals surface area (Å²) in [4.78, 5) is 46.0. The van der Waals surface area contributed by atoms with E-state index in [-0.39, 0.29) is 33.5 Å². The van der Waals surface area contributed by atoms with Gasteiger partial charge in [0.05, 0.1) is 31.1 Å². The van der Waals surface area contributed by atoms with Crippen molar-refractivity contribution in [3.05, 3.63) is 64.6 Å². The Morgan fingerprint density at radius 2 is 1.56 bits per heavy atom. The number of rotatable bonds is 10. The first-order chi connectivity index (χ1) is 26.6. The van der Waals surface area contributed by atoms with Gasteiger partial charge in [0.15, 0.2) is 5.69 Å². The van der Waals surface area contributed by atoms with Crippen molar-refractivity contribution in [2.24, 2.45) is 16.2 Å². The second kappa shape index (κ2) is 14.4. The van der Waals surface area contributed by atoms with Crippen molar-refractivity contribution in [2.75, 3.05) is 31.7 Å². The van der Waals surface area contributed by atoms with E-state index < -0.39 is 23.3 Å². The lowest BCUT2D eigenvalue weighted by Gasteiger charge is -2.69. The van der Waals surface area contributed by atoms with Gasteiger partial charge in [-0.1, -0.05) is 26.0 Å². The number of nitrogens with one attached hydrogen (secondary N) is 1. The summed E-state index contributed by atoms with van der Waals surface area (Å²) in [6, 6.07) is 9.64. The lowest BCUT2D eigenvalue weighted by atomic mass is 9.39. The zero-order chi connectivity index (χ0) is 41.2. The van der Waals surface area contributed by atoms with Gasteiger partial charge in [-0.25, -0.2) is 19.4 Å². The van der Waals surface area contributed by atoms with Gasteiger partial charge in [-0.05, 0) is 139 Å². The Balaban J connectivity index is 1.15. The second-order valence-electron chi connectivity index (χ2n) is 20.1. The number of aromatic nitrogens is 3. The van der Waals surface area contributed by atoms with Crippen LogP contribution in [0.15, 0.2) is 36.5 Å². The number of alkyl carbamates (subject to hydrolysis) is 1. The molecule has 2 atom stereocenters. The quantitative estimate of drug-likeness (QED) is 0.122. The van der Waals surface area contributed by atoms with Crippen molar-refractivity contribution in [2.45, 2.75) is 137 Å². The maximum Gasteiger partial charge on any atom is 0.407 e. The molecule has 5 aliphatic rings. The molecule has 3 aromatic rings. The van der Waals surface area contributed by atoms with Crippen LogP contribution in [0.5, 0.6) is 0 Å². The van der Waals surface area contributed by atoms with Crippen LogP contribution in [0.4, 0.5) is 10.6 Å². The minimum Gasteiger partial charge on any atom is -0.465 e. The maximum atomic E-state index is 14.0. The smallest absolute Gasteiger partial charge is 0.407 e. The van der Waals surface area contributed by atoms with E-state index in [1.165, 1.54) is 13.5 Å². The molecule has 2 unspecified atom stereocenters. The highest BCUT2D eigenvalue weighted by Gasteiger charge is 2.66. The van der Waals surface area contributed by atoms with E-state index in [2.05, 4.69) is 35.7 Å². The first kappa shape index (κ1) is 40.7. The molecule has 0 spiro atoms. The van der Waals surface area contributed by atoms with Gasteiger partial charge >= 0.3 is 18.0 Å². The van der Waals surface area contributed by atoms with Crippen molar-refractivity contribution >= 4 is 23.8 Å². The number of pyridine rings is 1. The Bertz CT molecular complexity index is 2040. The van der Waals surface area contributed by atoms with Crippen LogP contribution < -0.4 is 10.2 Å². The summed E-state index contributed by atoms with van der Waals surface area (Å²) >= 11 is 0. The van der Waals surface area contributed by atoms with Crippen molar-refractivity contribution in [3.8, 4) is 11.1 Å². The first-order valence-electron chi connectivity index (χ1n) is 20.4. The number of carbonyl (C=O) groups excluding carboxylic acids is 3. The third kappa shape index (κ3) is 8.57. The molecule has 0 saturated heterocycles. The van der Waals surface area contributed by atoms with Gasteiger partial charge in [0.1, 0.15) is 17.0 Å². The standard InChI is InChI=1S/C45H61N5O7/c1-29-33(31-14-15-35(48-36(31)38(52)56-40(2,3)4)49-18-16-30-12-11-13-32(34(30)21-49)37(51)54-10)20-47-50(29)28-44-23-42(8)22-43(9,24-44)26-45(25-42,27-44)55-19-17-46-39(53)57-41(5,6)7/h11-15,20H,16-19,21-28H2,1-10H3,(H,46,53). The van der Waals surface area contributed by atoms with Gasteiger partial charge < -0.3 is 29.2 Å².